The van der Waals surface area contributed by atoms with Gasteiger partial charge in [-0.3, -0.25) is 0 Å². The molecule has 0 fully saturated rings. The quantitative estimate of drug-likeness (QED) is 0.707. The van der Waals surface area contributed by atoms with E-state index in [1.807, 2.05) is 60.7 Å². The minimum atomic E-state index is -0.128. The summed E-state index contributed by atoms with van der Waals surface area (Å²) in [6.45, 7) is 0. The Kier molecular flexibility index (Phi) is 3.83. The third-order valence-electron chi connectivity index (χ3n) is 3.14. The van der Waals surface area contributed by atoms with Gasteiger partial charge in [0.05, 0.1) is 11.4 Å². The zero-order valence-electron chi connectivity index (χ0n) is 11.8. The highest BCUT2D eigenvalue weighted by molar-refractivity contribution is 5.62. The third kappa shape index (κ3) is 2.81. The highest BCUT2D eigenvalue weighted by Gasteiger charge is 2.16. The molecule has 4 nitrogen and oxygen atoms in total. The van der Waals surface area contributed by atoms with Gasteiger partial charge in [0.15, 0.2) is 11.5 Å². The summed E-state index contributed by atoms with van der Waals surface area (Å²) >= 11 is 0. The number of rotatable bonds is 4. The van der Waals surface area contributed by atoms with E-state index in [1.54, 1.807) is 11.1 Å². The maximum absolute atomic E-state index is 9.92. The van der Waals surface area contributed by atoms with Gasteiger partial charge >= 0.3 is 0 Å². The summed E-state index contributed by atoms with van der Waals surface area (Å²) in [5.74, 6) is -0.246. The summed E-state index contributed by atoms with van der Waals surface area (Å²) in [7, 11) is 0. The van der Waals surface area contributed by atoms with Crippen LogP contribution in [-0.2, 0) is 0 Å². The Hall–Kier alpha value is -3.14. The Balaban J connectivity index is 2.03. The van der Waals surface area contributed by atoms with Crippen molar-refractivity contribution in [3.63, 3.8) is 0 Å². The number of hydrogen-bond acceptors (Lipinski definition) is 4. The first-order valence-corrected chi connectivity index (χ1v) is 6.85. The predicted molar refractivity (Wildman–Crippen MR) is 85.4 cm³/mol. The van der Waals surface area contributed by atoms with Crippen LogP contribution in [-0.4, -0.2) is 10.2 Å². The van der Waals surface area contributed by atoms with E-state index in [0.717, 1.165) is 11.4 Å². The normalized spacial score (nSPS) is 10.2. The number of para-hydroxylation sites is 3. The molecule has 0 unspecified atom stereocenters. The largest absolute Gasteiger partial charge is 0.504 e. The number of phenolic OH excluding ortho intramolecular Hbond substituents is 2. The van der Waals surface area contributed by atoms with Crippen LogP contribution in [0, 0.1) is 0 Å². The molecule has 0 saturated carbocycles. The Bertz CT molecular complexity index is 685. The van der Waals surface area contributed by atoms with Crippen molar-refractivity contribution in [1.82, 2.24) is 0 Å². The second-order valence-electron chi connectivity index (χ2n) is 4.68. The molecule has 0 aromatic heterocycles. The molecule has 0 saturated heterocycles. The molecule has 0 amide bonds. The fourth-order valence-corrected chi connectivity index (χ4v) is 2.08. The van der Waals surface area contributed by atoms with Gasteiger partial charge in [0.2, 0.25) is 5.75 Å². The zero-order chi connectivity index (χ0) is 15.4. The van der Waals surface area contributed by atoms with Gasteiger partial charge in [-0.25, -0.2) is 0 Å². The predicted octanol–water partition coefficient (Wildman–Crippen LogP) is 4.23. The number of anilines is 2. The van der Waals surface area contributed by atoms with E-state index >= 15 is 0 Å². The van der Waals surface area contributed by atoms with Gasteiger partial charge in [-0.1, -0.05) is 42.5 Å². The molecular weight excluding hydrogens is 278 g/mol. The molecule has 3 aromatic rings. The van der Waals surface area contributed by atoms with Crippen molar-refractivity contribution in [1.29, 1.82) is 0 Å². The molecule has 0 spiro atoms. The van der Waals surface area contributed by atoms with Crippen LogP contribution in [0.25, 0.3) is 0 Å². The molecule has 22 heavy (non-hydrogen) atoms. The maximum Gasteiger partial charge on any atom is 0.238 e. The smallest absolute Gasteiger partial charge is 0.238 e. The molecule has 0 radical (unpaired) electrons. The van der Waals surface area contributed by atoms with Gasteiger partial charge in [-0.2, -0.15) is 5.06 Å². The molecule has 3 aromatic carbocycles. The van der Waals surface area contributed by atoms with Crippen molar-refractivity contribution in [3.05, 3.63) is 78.9 Å². The molecule has 4 heteroatoms. The van der Waals surface area contributed by atoms with Crippen molar-refractivity contribution >= 4 is 11.4 Å². The molecule has 0 aliphatic rings. The lowest BCUT2D eigenvalue weighted by Crippen LogP contribution is -2.21. The maximum atomic E-state index is 9.92. The van der Waals surface area contributed by atoms with Crippen LogP contribution in [0.15, 0.2) is 78.9 Å². The van der Waals surface area contributed by atoms with Crippen LogP contribution in [0.2, 0.25) is 0 Å². The minimum absolute atomic E-state index is 0.00945. The second kappa shape index (κ2) is 6.10. The van der Waals surface area contributed by atoms with Crippen LogP contribution in [0.3, 0.4) is 0 Å². The van der Waals surface area contributed by atoms with Gasteiger partial charge in [0.25, 0.3) is 0 Å². The minimum Gasteiger partial charge on any atom is -0.504 e. The molecular formula is C18H15NO3. The lowest BCUT2D eigenvalue weighted by molar-refractivity contribution is 0.287. The molecule has 0 heterocycles. The van der Waals surface area contributed by atoms with Gasteiger partial charge in [-0.15, -0.1) is 0 Å². The number of phenols is 2. The first-order valence-electron chi connectivity index (χ1n) is 6.85. The summed E-state index contributed by atoms with van der Waals surface area (Å²) < 4.78 is 0. The molecule has 0 atom stereocenters. The monoisotopic (exact) mass is 293 g/mol. The van der Waals surface area contributed by atoms with Crippen LogP contribution in [0.4, 0.5) is 11.4 Å². The van der Waals surface area contributed by atoms with Gasteiger partial charge in [-0.05, 0) is 36.4 Å². The Morgan fingerprint density at radius 2 is 1.05 bits per heavy atom. The van der Waals surface area contributed by atoms with E-state index < -0.39 is 0 Å². The van der Waals surface area contributed by atoms with Gasteiger partial charge in [0, 0.05) is 0 Å². The first kappa shape index (κ1) is 13.8. The second-order valence-corrected chi connectivity index (χ2v) is 4.68. The van der Waals surface area contributed by atoms with Gasteiger partial charge in [0.1, 0.15) is 0 Å². The average Bonchev–Trinajstić information content (AvgIpc) is 2.56. The molecule has 2 N–H and O–H groups in total. The summed E-state index contributed by atoms with van der Waals surface area (Å²) in [6.07, 6.45) is 0. The molecule has 0 aliphatic heterocycles. The van der Waals surface area contributed by atoms with Crippen LogP contribution < -0.4 is 9.90 Å². The highest BCUT2D eigenvalue weighted by atomic mass is 16.7. The van der Waals surface area contributed by atoms with Crippen LogP contribution >= 0.6 is 0 Å². The molecule has 0 bridgehead atoms. The SMILES string of the molecule is Oc1cccc(O)c1ON(c1ccccc1)c1ccccc1. The van der Waals surface area contributed by atoms with Crippen molar-refractivity contribution < 1.29 is 15.1 Å². The van der Waals surface area contributed by atoms with Crippen LogP contribution in [0.5, 0.6) is 17.2 Å². The fraction of sp³-hybridized carbons (Fsp3) is 0. The first-order chi connectivity index (χ1) is 10.8. The van der Waals surface area contributed by atoms with E-state index in [9.17, 15) is 10.2 Å². The Morgan fingerprint density at radius 3 is 1.50 bits per heavy atom. The van der Waals surface area contributed by atoms with E-state index in [2.05, 4.69) is 0 Å². The van der Waals surface area contributed by atoms with Crippen molar-refractivity contribution in [2.24, 2.45) is 0 Å². The summed E-state index contributed by atoms with van der Waals surface area (Å²) in [6, 6.07) is 23.4. The van der Waals surface area contributed by atoms with Crippen molar-refractivity contribution in [3.8, 4) is 17.2 Å². The fourth-order valence-electron chi connectivity index (χ4n) is 2.08. The number of aromatic hydroxyl groups is 2. The van der Waals surface area contributed by atoms with E-state index in [-0.39, 0.29) is 17.2 Å². The Labute approximate surface area is 128 Å². The standard InChI is InChI=1S/C18H15NO3/c20-16-12-7-13-17(21)18(16)22-19(14-8-3-1-4-9-14)15-10-5-2-6-11-15/h1-13,20-21H. The summed E-state index contributed by atoms with van der Waals surface area (Å²) in [5, 5.41) is 21.4. The van der Waals surface area contributed by atoms with Gasteiger partial charge < -0.3 is 15.1 Å². The van der Waals surface area contributed by atoms with E-state index in [4.69, 9.17) is 4.84 Å². The molecule has 3 rings (SSSR count). The molecule has 0 aliphatic carbocycles. The van der Waals surface area contributed by atoms with E-state index in [0.29, 0.717) is 0 Å². The topological polar surface area (TPSA) is 52.9 Å². The third-order valence-corrected chi connectivity index (χ3v) is 3.14. The lowest BCUT2D eigenvalue weighted by Gasteiger charge is -2.25. The number of nitrogens with zero attached hydrogens (tertiary/aromatic N) is 1. The van der Waals surface area contributed by atoms with E-state index in [1.165, 1.54) is 12.1 Å². The zero-order valence-corrected chi connectivity index (χ0v) is 11.8. The average molecular weight is 293 g/mol. The van der Waals surface area contributed by atoms with Crippen molar-refractivity contribution in [2.75, 3.05) is 5.06 Å². The van der Waals surface area contributed by atoms with Crippen molar-refractivity contribution in [2.45, 2.75) is 0 Å². The summed E-state index contributed by atoms with van der Waals surface area (Å²) in [4.78, 5) is 5.78. The Morgan fingerprint density at radius 1 is 0.591 bits per heavy atom. The number of hydrogen-bond donors (Lipinski definition) is 2. The van der Waals surface area contributed by atoms with Crippen LogP contribution in [0.1, 0.15) is 0 Å². The highest BCUT2D eigenvalue weighted by Crippen LogP contribution is 2.38. The number of benzene rings is 3. The summed E-state index contributed by atoms with van der Waals surface area (Å²) in [5.41, 5.74) is 1.55. The lowest BCUT2D eigenvalue weighted by atomic mass is 10.2. The molecule has 110 valence electrons.